The van der Waals surface area contributed by atoms with Crippen molar-refractivity contribution in [1.29, 1.82) is 0 Å². The Morgan fingerprint density at radius 3 is 2.59 bits per heavy atom. The van der Waals surface area contributed by atoms with Crippen LogP contribution >= 0.6 is 0 Å². The first-order valence-electron chi connectivity index (χ1n) is 10.2. The van der Waals surface area contributed by atoms with E-state index in [-0.39, 0.29) is 6.04 Å². The average Bonchev–Trinajstić information content (AvgIpc) is 2.78. The fourth-order valence-electron chi connectivity index (χ4n) is 3.74. The largest absolute Gasteiger partial charge is 0.489 e. The zero-order chi connectivity index (χ0) is 22.7. The highest BCUT2D eigenvalue weighted by Gasteiger charge is 2.24. The molecule has 0 saturated heterocycles. The van der Waals surface area contributed by atoms with Crippen molar-refractivity contribution < 1.29 is 23.0 Å². The molecule has 1 aromatic heterocycles. The van der Waals surface area contributed by atoms with Gasteiger partial charge in [-0.05, 0) is 42.3 Å². The van der Waals surface area contributed by atoms with Gasteiger partial charge in [-0.2, -0.15) is 0 Å². The molecule has 0 aliphatic carbocycles. The lowest BCUT2D eigenvalue weighted by Crippen LogP contribution is -2.33. The number of benzene rings is 2. The molecule has 0 saturated carbocycles. The van der Waals surface area contributed by atoms with Crippen molar-refractivity contribution in [3.8, 4) is 5.75 Å². The summed E-state index contributed by atoms with van der Waals surface area (Å²) in [6, 6.07) is 12.3. The summed E-state index contributed by atoms with van der Waals surface area (Å²) in [5.74, 6) is -0.357. The third kappa shape index (κ3) is 4.64. The van der Waals surface area contributed by atoms with E-state index in [1.54, 1.807) is 24.4 Å². The lowest BCUT2D eigenvalue weighted by atomic mass is 10.1. The van der Waals surface area contributed by atoms with Crippen molar-refractivity contribution in [2.24, 2.45) is 0 Å². The Hall–Kier alpha value is -3.68. The van der Waals surface area contributed by atoms with Gasteiger partial charge in [0.25, 0.3) is 0 Å². The second-order valence-electron chi connectivity index (χ2n) is 7.53. The fourth-order valence-corrected chi connectivity index (χ4v) is 3.74. The molecule has 166 valence electrons. The molecule has 0 radical (unpaired) electrons. The number of hydrogen-bond acceptors (Lipinski definition) is 6. The normalized spacial score (nSPS) is 13.7. The van der Waals surface area contributed by atoms with Crippen molar-refractivity contribution in [3.63, 3.8) is 0 Å². The Morgan fingerprint density at radius 2 is 1.91 bits per heavy atom. The second kappa shape index (κ2) is 9.21. The molecule has 3 aromatic rings. The van der Waals surface area contributed by atoms with Crippen LogP contribution in [0, 0.1) is 11.6 Å². The molecule has 8 heteroatoms. The highest BCUT2D eigenvalue weighted by Crippen LogP contribution is 2.39. The number of aromatic nitrogens is 1. The molecule has 2 aromatic carbocycles. The van der Waals surface area contributed by atoms with Crippen LogP contribution in [-0.4, -0.2) is 31.2 Å². The Balaban J connectivity index is 1.58. The molecule has 1 atom stereocenters. The van der Waals surface area contributed by atoms with Crippen LogP contribution in [0.1, 0.15) is 34.5 Å². The third-order valence-corrected chi connectivity index (χ3v) is 5.30. The van der Waals surface area contributed by atoms with Crippen LogP contribution in [0.2, 0.25) is 0 Å². The first kappa shape index (κ1) is 21.5. The number of methoxy groups -OCH3 is 1. The van der Waals surface area contributed by atoms with Crippen LogP contribution in [0.15, 0.2) is 54.7 Å². The summed E-state index contributed by atoms with van der Waals surface area (Å²) in [6.45, 7) is 3.30. The van der Waals surface area contributed by atoms with Gasteiger partial charge in [0.15, 0.2) is 5.82 Å². The number of halogens is 2. The molecular weight excluding hydrogens is 416 g/mol. The van der Waals surface area contributed by atoms with Gasteiger partial charge in [0, 0.05) is 24.9 Å². The lowest BCUT2D eigenvalue weighted by Gasteiger charge is -2.33. The number of fused-ring (bicyclic) bond motifs is 1. The van der Waals surface area contributed by atoms with Gasteiger partial charge in [0.05, 0.1) is 25.3 Å². The molecule has 1 N–H and O–H groups in total. The van der Waals surface area contributed by atoms with Gasteiger partial charge >= 0.3 is 5.97 Å². The van der Waals surface area contributed by atoms with E-state index in [9.17, 15) is 13.6 Å². The van der Waals surface area contributed by atoms with Crippen LogP contribution in [0.25, 0.3) is 0 Å². The third-order valence-electron chi connectivity index (χ3n) is 5.30. The topological polar surface area (TPSA) is 63.7 Å². The maximum Gasteiger partial charge on any atom is 0.337 e. The smallest absolute Gasteiger partial charge is 0.337 e. The Bertz CT molecular complexity index is 1100. The molecular formula is C24H23F2N3O3. The molecule has 0 unspecified atom stereocenters. The van der Waals surface area contributed by atoms with Crippen molar-refractivity contribution in [3.05, 3.63) is 83.1 Å². The highest BCUT2D eigenvalue weighted by molar-refractivity contribution is 5.89. The molecule has 0 spiro atoms. The summed E-state index contributed by atoms with van der Waals surface area (Å²) in [6.07, 6.45) is 1.65. The number of carbonyl (C=O) groups excluding carboxylic acids is 1. The maximum absolute atomic E-state index is 13.7. The van der Waals surface area contributed by atoms with Crippen LogP contribution in [-0.2, 0) is 11.3 Å². The number of hydrogen-bond donors (Lipinski definition) is 1. The summed E-state index contributed by atoms with van der Waals surface area (Å²) in [7, 11) is 1.34. The number of esters is 1. The van der Waals surface area contributed by atoms with E-state index in [1.807, 2.05) is 24.0 Å². The van der Waals surface area contributed by atoms with Crippen molar-refractivity contribution in [2.75, 3.05) is 30.5 Å². The number of rotatable bonds is 6. The molecule has 1 aliphatic rings. The van der Waals surface area contributed by atoms with Gasteiger partial charge in [-0.15, -0.1) is 0 Å². The first-order chi connectivity index (χ1) is 15.4. The summed E-state index contributed by atoms with van der Waals surface area (Å²) in [5, 5.41) is 3.39. The molecule has 0 amide bonds. The Kier molecular flexibility index (Phi) is 6.20. The van der Waals surface area contributed by atoms with Gasteiger partial charge in [0.2, 0.25) is 0 Å². The van der Waals surface area contributed by atoms with Crippen LogP contribution < -0.4 is 15.0 Å². The SMILES string of the molecule is COC(=O)c1ccc([C@H](C)Nc2nccc3c2N(Cc2cc(F)cc(F)c2)CCO3)cc1. The van der Waals surface area contributed by atoms with Crippen molar-refractivity contribution >= 4 is 17.5 Å². The monoisotopic (exact) mass is 439 g/mol. The molecule has 32 heavy (non-hydrogen) atoms. The molecule has 2 heterocycles. The molecule has 0 bridgehead atoms. The quantitative estimate of drug-likeness (QED) is 0.561. The minimum absolute atomic E-state index is 0.129. The Labute approximate surface area is 184 Å². The zero-order valence-electron chi connectivity index (χ0n) is 17.8. The number of nitrogens with zero attached hydrogens (tertiary/aromatic N) is 2. The number of ether oxygens (including phenoxy) is 2. The van der Waals surface area contributed by atoms with Gasteiger partial charge in [-0.25, -0.2) is 18.6 Å². The van der Waals surface area contributed by atoms with Crippen LogP contribution in [0.4, 0.5) is 20.3 Å². The van der Waals surface area contributed by atoms with E-state index < -0.39 is 17.6 Å². The van der Waals surface area contributed by atoms with Gasteiger partial charge in [-0.3, -0.25) is 0 Å². The van der Waals surface area contributed by atoms with E-state index in [1.165, 1.54) is 19.2 Å². The predicted molar refractivity (Wildman–Crippen MR) is 117 cm³/mol. The van der Waals surface area contributed by atoms with Gasteiger partial charge < -0.3 is 19.7 Å². The number of anilines is 2. The highest BCUT2D eigenvalue weighted by atomic mass is 19.1. The average molecular weight is 439 g/mol. The lowest BCUT2D eigenvalue weighted by molar-refractivity contribution is 0.0600. The molecule has 1 aliphatic heterocycles. The van der Waals surface area contributed by atoms with Crippen molar-refractivity contribution in [1.82, 2.24) is 4.98 Å². The number of carbonyl (C=O) groups is 1. The number of pyridine rings is 1. The summed E-state index contributed by atoms with van der Waals surface area (Å²) >= 11 is 0. The minimum Gasteiger partial charge on any atom is -0.489 e. The number of nitrogens with one attached hydrogen (secondary N) is 1. The van der Waals surface area contributed by atoms with E-state index in [0.29, 0.717) is 42.4 Å². The summed E-state index contributed by atoms with van der Waals surface area (Å²) < 4.78 is 37.9. The van der Waals surface area contributed by atoms with Gasteiger partial charge in [-0.1, -0.05) is 12.1 Å². The Morgan fingerprint density at radius 1 is 1.19 bits per heavy atom. The van der Waals surface area contributed by atoms with E-state index in [0.717, 1.165) is 17.3 Å². The van der Waals surface area contributed by atoms with E-state index in [4.69, 9.17) is 9.47 Å². The predicted octanol–water partition coefficient (Wildman–Crippen LogP) is 4.72. The van der Waals surface area contributed by atoms with Crippen molar-refractivity contribution in [2.45, 2.75) is 19.5 Å². The molecule has 6 nitrogen and oxygen atoms in total. The second-order valence-corrected chi connectivity index (χ2v) is 7.53. The molecule has 4 rings (SSSR count). The van der Waals surface area contributed by atoms with E-state index >= 15 is 0 Å². The zero-order valence-corrected chi connectivity index (χ0v) is 17.8. The minimum atomic E-state index is -0.609. The molecule has 0 fully saturated rings. The van der Waals surface area contributed by atoms with E-state index in [2.05, 4.69) is 10.3 Å². The summed E-state index contributed by atoms with van der Waals surface area (Å²) in [4.78, 5) is 18.1. The standard InChI is InChI=1S/C24H23F2N3O3/c1-15(17-3-5-18(6-4-17)24(30)31-2)28-23-22-21(7-8-27-23)32-10-9-29(22)14-16-11-19(25)13-20(26)12-16/h3-8,11-13,15H,9-10,14H2,1-2H3,(H,27,28)/t15-/m0/s1. The first-order valence-corrected chi connectivity index (χ1v) is 10.2. The van der Waals surface area contributed by atoms with Gasteiger partial charge in [0.1, 0.15) is 29.7 Å². The van der Waals surface area contributed by atoms with Crippen LogP contribution in [0.3, 0.4) is 0 Å². The fraction of sp³-hybridized carbons (Fsp3) is 0.250. The summed E-state index contributed by atoms with van der Waals surface area (Å²) in [5.41, 5.74) is 2.69. The van der Waals surface area contributed by atoms with Crippen LogP contribution in [0.5, 0.6) is 5.75 Å². The maximum atomic E-state index is 13.7.